The van der Waals surface area contributed by atoms with Crippen LogP contribution in [-0.2, 0) is 13.1 Å². The molecule has 0 amide bonds. The van der Waals surface area contributed by atoms with Crippen LogP contribution in [-0.4, -0.2) is 23.4 Å². The van der Waals surface area contributed by atoms with Crippen LogP contribution in [0, 0.1) is 20.8 Å². The van der Waals surface area contributed by atoms with Crippen LogP contribution in [0.3, 0.4) is 0 Å². The first-order valence-electron chi connectivity index (χ1n) is 7.45. The minimum Gasteiger partial charge on any atom is -0.496 e. The number of nitrogens with one attached hydrogen (secondary N) is 1. The fraction of sp³-hybridized carbons (Fsp3) is 0.471. The fourth-order valence-corrected chi connectivity index (χ4v) is 2.54. The van der Waals surface area contributed by atoms with E-state index in [1.807, 2.05) is 13.0 Å². The summed E-state index contributed by atoms with van der Waals surface area (Å²) in [5, 5.41) is 7.95. The van der Waals surface area contributed by atoms with E-state index in [4.69, 9.17) is 4.74 Å². The molecule has 0 fully saturated rings. The fourth-order valence-electron chi connectivity index (χ4n) is 2.54. The first-order chi connectivity index (χ1) is 10.1. The average Bonchev–Trinajstić information content (AvgIpc) is 2.77. The van der Waals surface area contributed by atoms with Gasteiger partial charge < -0.3 is 10.1 Å². The molecule has 0 atom stereocenters. The lowest BCUT2D eigenvalue weighted by Gasteiger charge is -2.09. The van der Waals surface area contributed by atoms with Gasteiger partial charge in [0.25, 0.3) is 0 Å². The van der Waals surface area contributed by atoms with Gasteiger partial charge in [-0.05, 0) is 57.0 Å². The Kier molecular flexibility index (Phi) is 5.39. The molecule has 0 aliphatic heterocycles. The van der Waals surface area contributed by atoms with Gasteiger partial charge in [-0.1, -0.05) is 12.1 Å². The Morgan fingerprint density at radius 3 is 2.62 bits per heavy atom. The lowest BCUT2D eigenvalue weighted by Crippen LogP contribution is -2.17. The van der Waals surface area contributed by atoms with Crippen LogP contribution in [0.25, 0.3) is 0 Å². The average molecular weight is 287 g/mol. The Morgan fingerprint density at radius 2 is 2.00 bits per heavy atom. The first kappa shape index (κ1) is 15.6. The van der Waals surface area contributed by atoms with Crippen molar-refractivity contribution < 1.29 is 4.74 Å². The van der Waals surface area contributed by atoms with Gasteiger partial charge in [-0.15, -0.1) is 0 Å². The summed E-state index contributed by atoms with van der Waals surface area (Å²) in [5.74, 6) is 0.947. The molecular weight excluding hydrogens is 262 g/mol. The highest BCUT2D eigenvalue weighted by Gasteiger charge is 2.01. The smallest absolute Gasteiger partial charge is 0.121 e. The van der Waals surface area contributed by atoms with E-state index < -0.39 is 0 Å². The Balaban J connectivity index is 1.72. The second-order valence-corrected chi connectivity index (χ2v) is 5.48. The monoisotopic (exact) mass is 287 g/mol. The van der Waals surface area contributed by atoms with E-state index in [2.05, 4.69) is 47.1 Å². The molecule has 0 saturated carbocycles. The number of aryl methyl sites for hydroxylation is 4. The number of rotatable bonds is 7. The van der Waals surface area contributed by atoms with Crippen molar-refractivity contribution in [3.8, 4) is 5.75 Å². The number of nitrogens with zero attached hydrogens (tertiary/aromatic N) is 2. The van der Waals surface area contributed by atoms with Gasteiger partial charge in [-0.3, -0.25) is 4.68 Å². The standard InChI is InChI=1S/C17H25N3O/c1-13-10-16(6-7-17(13)21-4)12-18-8-5-9-20-15(3)11-14(2)19-20/h6-7,10-11,18H,5,8-9,12H2,1-4H3. The number of methoxy groups -OCH3 is 1. The van der Waals surface area contributed by atoms with Gasteiger partial charge in [0.1, 0.15) is 5.75 Å². The molecule has 0 saturated heterocycles. The predicted octanol–water partition coefficient (Wildman–Crippen LogP) is 3.00. The van der Waals surface area contributed by atoms with Crippen molar-refractivity contribution >= 4 is 0 Å². The van der Waals surface area contributed by atoms with E-state index in [1.165, 1.54) is 16.8 Å². The van der Waals surface area contributed by atoms with E-state index in [0.29, 0.717) is 0 Å². The molecule has 0 bridgehead atoms. The largest absolute Gasteiger partial charge is 0.496 e. The summed E-state index contributed by atoms with van der Waals surface area (Å²) in [5.41, 5.74) is 4.80. The molecule has 114 valence electrons. The van der Waals surface area contributed by atoms with Gasteiger partial charge in [0.15, 0.2) is 0 Å². The van der Waals surface area contributed by atoms with Crippen molar-refractivity contribution in [3.05, 3.63) is 46.8 Å². The number of ether oxygens (including phenoxy) is 1. The topological polar surface area (TPSA) is 39.1 Å². The third kappa shape index (κ3) is 4.33. The molecule has 1 heterocycles. The second-order valence-electron chi connectivity index (χ2n) is 5.48. The van der Waals surface area contributed by atoms with E-state index in [1.54, 1.807) is 7.11 Å². The van der Waals surface area contributed by atoms with Crippen LogP contribution in [0.2, 0.25) is 0 Å². The highest BCUT2D eigenvalue weighted by molar-refractivity contribution is 5.36. The molecule has 1 N–H and O–H groups in total. The number of hydrogen-bond donors (Lipinski definition) is 1. The summed E-state index contributed by atoms with van der Waals surface area (Å²) in [6, 6.07) is 8.43. The molecule has 0 radical (unpaired) electrons. The zero-order chi connectivity index (χ0) is 15.2. The van der Waals surface area contributed by atoms with E-state index in [-0.39, 0.29) is 0 Å². The summed E-state index contributed by atoms with van der Waals surface area (Å²) in [4.78, 5) is 0. The van der Waals surface area contributed by atoms with Crippen molar-refractivity contribution in [1.29, 1.82) is 0 Å². The normalized spacial score (nSPS) is 10.9. The van der Waals surface area contributed by atoms with Crippen molar-refractivity contribution in [2.24, 2.45) is 0 Å². The molecule has 2 aromatic rings. The van der Waals surface area contributed by atoms with Crippen molar-refractivity contribution in [3.63, 3.8) is 0 Å². The third-order valence-corrected chi connectivity index (χ3v) is 3.62. The SMILES string of the molecule is COc1ccc(CNCCCn2nc(C)cc2C)cc1C. The number of benzene rings is 1. The molecule has 21 heavy (non-hydrogen) atoms. The van der Waals surface area contributed by atoms with Gasteiger partial charge in [0.2, 0.25) is 0 Å². The second kappa shape index (κ2) is 7.27. The molecule has 0 aliphatic carbocycles. The Morgan fingerprint density at radius 1 is 1.19 bits per heavy atom. The van der Waals surface area contributed by atoms with E-state index >= 15 is 0 Å². The summed E-state index contributed by atoms with van der Waals surface area (Å²) in [7, 11) is 1.71. The van der Waals surface area contributed by atoms with Gasteiger partial charge in [-0.25, -0.2) is 0 Å². The van der Waals surface area contributed by atoms with Crippen LogP contribution < -0.4 is 10.1 Å². The van der Waals surface area contributed by atoms with Gasteiger partial charge in [0, 0.05) is 18.8 Å². The van der Waals surface area contributed by atoms with Gasteiger partial charge >= 0.3 is 0 Å². The molecular formula is C17H25N3O. The predicted molar refractivity (Wildman–Crippen MR) is 85.8 cm³/mol. The van der Waals surface area contributed by atoms with Crippen LogP contribution in [0.5, 0.6) is 5.75 Å². The molecule has 4 heteroatoms. The third-order valence-electron chi connectivity index (χ3n) is 3.62. The Hall–Kier alpha value is -1.81. The zero-order valence-corrected chi connectivity index (χ0v) is 13.4. The van der Waals surface area contributed by atoms with E-state index in [0.717, 1.165) is 37.5 Å². The quantitative estimate of drug-likeness (QED) is 0.796. The molecule has 1 aromatic heterocycles. The van der Waals surface area contributed by atoms with Crippen LogP contribution in [0.15, 0.2) is 24.3 Å². The minimum absolute atomic E-state index is 0.891. The summed E-state index contributed by atoms with van der Waals surface area (Å²) >= 11 is 0. The Bertz CT molecular complexity index is 590. The maximum absolute atomic E-state index is 5.28. The maximum atomic E-state index is 5.28. The van der Waals surface area contributed by atoms with E-state index in [9.17, 15) is 0 Å². The number of aromatic nitrogens is 2. The highest BCUT2D eigenvalue weighted by atomic mass is 16.5. The molecule has 1 aromatic carbocycles. The highest BCUT2D eigenvalue weighted by Crippen LogP contribution is 2.18. The van der Waals surface area contributed by atoms with Crippen molar-refractivity contribution in [2.75, 3.05) is 13.7 Å². The molecule has 0 unspecified atom stereocenters. The van der Waals surface area contributed by atoms with Gasteiger partial charge in [0.05, 0.1) is 12.8 Å². The summed E-state index contributed by atoms with van der Waals surface area (Å²) in [6.45, 7) is 9.06. The number of hydrogen-bond acceptors (Lipinski definition) is 3. The van der Waals surface area contributed by atoms with Gasteiger partial charge in [-0.2, -0.15) is 5.10 Å². The minimum atomic E-state index is 0.891. The first-order valence-corrected chi connectivity index (χ1v) is 7.45. The Labute approximate surface area is 127 Å². The maximum Gasteiger partial charge on any atom is 0.121 e. The molecule has 4 nitrogen and oxygen atoms in total. The van der Waals surface area contributed by atoms with Crippen LogP contribution in [0.1, 0.15) is 28.9 Å². The lowest BCUT2D eigenvalue weighted by molar-refractivity contribution is 0.411. The lowest BCUT2D eigenvalue weighted by atomic mass is 10.1. The van der Waals surface area contributed by atoms with Crippen molar-refractivity contribution in [2.45, 2.75) is 40.3 Å². The molecule has 0 spiro atoms. The summed E-state index contributed by atoms with van der Waals surface area (Å²) in [6.07, 6.45) is 1.08. The van der Waals surface area contributed by atoms with Crippen molar-refractivity contribution in [1.82, 2.24) is 15.1 Å². The molecule has 0 aliphatic rings. The summed E-state index contributed by atoms with van der Waals surface area (Å²) < 4.78 is 7.35. The van der Waals surface area contributed by atoms with Crippen LogP contribution >= 0.6 is 0 Å². The van der Waals surface area contributed by atoms with Crippen LogP contribution in [0.4, 0.5) is 0 Å². The molecule has 2 rings (SSSR count). The zero-order valence-electron chi connectivity index (χ0n) is 13.4.